The molecule has 0 aliphatic carbocycles. The zero-order chi connectivity index (χ0) is 24.8. The van der Waals surface area contributed by atoms with Crippen LogP contribution in [-0.4, -0.2) is 34.1 Å². The molecular weight excluding hydrogens is 454 g/mol. The maximum absolute atomic E-state index is 13.7. The van der Waals surface area contributed by atoms with Crippen LogP contribution < -0.4 is 16.6 Å². The van der Waals surface area contributed by atoms with Crippen molar-refractivity contribution in [3.8, 4) is 16.8 Å². The molecule has 1 atom stereocenters. The second-order valence-electron chi connectivity index (χ2n) is 8.61. The molecule has 0 amide bonds. The summed E-state index contributed by atoms with van der Waals surface area (Å²) in [6.07, 6.45) is 6.84. The molecule has 0 aliphatic rings. The SMILES string of the molecule is Cc1ccn2nc([C@H](C)Nc3ncnc4[nH]cc(-c5ccnc(N)c5)c34)n(-c3ccccc3)c(=O)c12. The van der Waals surface area contributed by atoms with E-state index in [0.29, 0.717) is 28.6 Å². The van der Waals surface area contributed by atoms with Gasteiger partial charge in [0, 0.05) is 24.2 Å². The predicted molar refractivity (Wildman–Crippen MR) is 139 cm³/mol. The Kier molecular flexibility index (Phi) is 4.99. The molecule has 10 nitrogen and oxygen atoms in total. The van der Waals surface area contributed by atoms with E-state index in [-0.39, 0.29) is 11.6 Å². The Bertz CT molecular complexity index is 1780. The van der Waals surface area contributed by atoms with E-state index in [1.54, 1.807) is 27.5 Å². The standard InChI is InChI=1S/C26H23N9O/c1-15-9-11-34-22(15)26(36)35(18-6-4-3-5-7-18)25(33-34)16(2)32-24-21-19(13-29-23(21)30-14-31-24)17-8-10-28-20(27)12-17/h3-14,16H,1-2H3,(H2,27,28)(H2,29,30,31,32)/t16-/m0/s1. The van der Waals surface area contributed by atoms with Gasteiger partial charge in [-0.1, -0.05) is 18.2 Å². The van der Waals surface area contributed by atoms with Gasteiger partial charge in [-0.25, -0.2) is 19.5 Å². The quantitative estimate of drug-likeness (QED) is 0.343. The normalized spacial score (nSPS) is 12.3. The number of fused-ring (bicyclic) bond motifs is 2. The maximum atomic E-state index is 13.7. The van der Waals surface area contributed by atoms with E-state index in [2.05, 4.69) is 25.3 Å². The van der Waals surface area contributed by atoms with E-state index in [1.807, 2.05) is 62.5 Å². The first-order chi connectivity index (χ1) is 17.5. The molecular formula is C26H23N9O. The third-order valence-electron chi connectivity index (χ3n) is 6.23. The zero-order valence-corrected chi connectivity index (χ0v) is 19.7. The summed E-state index contributed by atoms with van der Waals surface area (Å²) in [4.78, 5) is 29.9. The Balaban J connectivity index is 1.50. The smallest absolute Gasteiger partial charge is 0.282 e. The number of para-hydroxylation sites is 1. The number of anilines is 2. The van der Waals surface area contributed by atoms with Crippen LogP contribution in [0.2, 0.25) is 0 Å². The topological polar surface area (TPSA) is 132 Å². The van der Waals surface area contributed by atoms with Crippen LogP contribution in [0.15, 0.2) is 78.2 Å². The Hall–Kier alpha value is -4.99. The number of hydrogen-bond acceptors (Lipinski definition) is 7. The fraction of sp³-hybridized carbons (Fsp3) is 0.115. The predicted octanol–water partition coefficient (Wildman–Crippen LogP) is 3.88. The molecule has 0 unspecified atom stereocenters. The third-order valence-corrected chi connectivity index (χ3v) is 6.23. The van der Waals surface area contributed by atoms with Gasteiger partial charge in [-0.2, -0.15) is 5.10 Å². The summed E-state index contributed by atoms with van der Waals surface area (Å²) in [6, 6.07) is 14.7. The van der Waals surface area contributed by atoms with Gasteiger partial charge in [0.2, 0.25) is 0 Å². The fourth-order valence-corrected chi connectivity index (χ4v) is 4.52. The molecule has 5 aromatic heterocycles. The molecule has 5 heterocycles. The summed E-state index contributed by atoms with van der Waals surface area (Å²) in [5.41, 5.74) is 10.4. The van der Waals surface area contributed by atoms with Crippen molar-refractivity contribution in [1.29, 1.82) is 0 Å². The van der Waals surface area contributed by atoms with Gasteiger partial charge in [0.05, 0.1) is 17.1 Å². The number of rotatable bonds is 5. The van der Waals surface area contributed by atoms with Crippen molar-refractivity contribution < 1.29 is 0 Å². The van der Waals surface area contributed by atoms with Crippen LogP contribution in [0, 0.1) is 6.92 Å². The minimum absolute atomic E-state index is 0.134. The van der Waals surface area contributed by atoms with Crippen LogP contribution >= 0.6 is 0 Å². The number of nitrogens with two attached hydrogens (primary N) is 1. The van der Waals surface area contributed by atoms with Gasteiger partial charge in [-0.05, 0) is 55.3 Å². The van der Waals surface area contributed by atoms with Crippen molar-refractivity contribution in [2.75, 3.05) is 11.1 Å². The molecule has 0 bridgehead atoms. The number of nitrogens with one attached hydrogen (secondary N) is 2. The minimum atomic E-state index is -0.381. The number of aryl methyl sites for hydroxylation is 1. The lowest BCUT2D eigenvalue weighted by atomic mass is 10.1. The van der Waals surface area contributed by atoms with Crippen molar-refractivity contribution in [2.24, 2.45) is 0 Å². The number of nitrogen functional groups attached to an aromatic ring is 1. The molecule has 36 heavy (non-hydrogen) atoms. The highest BCUT2D eigenvalue weighted by atomic mass is 16.1. The zero-order valence-electron chi connectivity index (χ0n) is 19.7. The highest BCUT2D eigenvalue weighted by Crippen LogP contribution is 2.33. The number of aromatic nitrogens is 7. The summed E-state index contributed by atoms with van der Waals surface area (Å²) in [7, 11) is 0. The highest BCUT2D eigenvalue weighted by Gasteiger charge is 2.22. The molecule has 0 aliphatic heterocycles. The van der Waals surface area contributed by atoms with Gasteiger partial charge in [0.25, 0.3) is 5.56 Å². The summed E-state index contributed by atoms with van der Waals surface area (Å²) in [5, 5.41) is 9.10. The van der Waals surface area contributed by atoms with Crippen LogP contribution in [0.5, 0.6) is 0 Å². The van der Waals surface area contributed by atoms with Crippen molar-refractivity contribution in [1.82, 2.24) is 34.1 Å². The molecule has 6 aromatic rings. The van der Waals surface area contributed by atoms with Gasteiger partial charge in [0.15, 0.2) is 5.82 Å². The van der Waals surface area contributed by atoms with Crippen molar-refractivity contribution in [3.63, 3.8) is 0 Å². The number of aromatic amines is 1. The van der Waals surface area contributed by atoms with E-state index >= 15 is 0 Å². The largest absolute Gasteiger partial charge is 0.384 e. The minimum Gasteiger partial charge on any atom is -0.384 e. The van der Waals surface area contributed by atoms with Gasteiger partial charge in [-0.15, -0.1) is 0 Å². The number of nitrogens with zero attached hydrogens (tertiary/aromatic N) is 6. The summed E-state index contributed by atoms with van der Waals surface area (Å²) in [5.74, 6) is 1.58. The lowest BCUT2D eigenvalue weighted by Gasteiger charge is -2.20. The monoisotopic (exact) mass is 477 g/mol. The van der Waals surface area contributed by atoms with Crippen LogP contribution in [0.25, 0.3) is 33.4 Å². The Morgan fingerprint density at radius 2 is 1.92 bits per heavy atom. The van der Waals surface area contributed by atoms with Gasteiger partial charge in [0.1, 0.15) is 29.1 Å². The molecule has 0 saturated carbocycles. The molecule has 1 aromatic carbocycles. The van der Waals surface area contributed by atoms with Crippen molar-refractivity contribution in [2.45, 2.75) is 19.9 Å². The van der Waals surface area contributed by atoms with Gasteiger partial charge >= 0.3 is 0 Å². The Labute approximate surface area is 205 Å². The molecule has 6 rings (SSSR count). The molecule has 0 radical (unpaired) electrons. The lowest BCUT2D eigenvalue weighted by molar-refractivity contribution is 0.673. The summed E-state index contributed by atoms with van der Waals surface area (Å²) in [6.45, 7) is 3.86. The Morgan fingerprint density at radius 3 is 2.72 bits per heavy atom. The molecule has 10 heteroatoms. The summed E-state index contributed by atoms with van der Waals surface area (Å²) >= 11 is 0. The van der Waals surface area contributed by atoms with Crippen molar-refractivity contribution in [3.05, 3.63) is 95.2 Å². The molecule has 0 spiro atoms. The first-order valence-corrected chi connectivity index (χ1v) is 11.5. The second-order valence-corrected chi connectivity index (χ2v) is 8.61. The van der Waals surface area contributed by atoms with E-state index < -0.39 is 0 Å². The van der Waals surface area contributed by atoms with Crippen LogP contribution in [0.3, 0.4) is 0 Å². The number of H-pyrrole nitrogens is 1. The number of hydrogen-bond donors (Lipinski definition) is 3. The molecule has 0 saturated heterocycles. The first-order valence-electron chi connectivity index (χ1n) is 11.5. The molecule has 178 valence electrons. The van der Waals surface area contributed by atoms with E-state index in [1.165, 1.54) is 6.33 Å². The van der Waals surface area contributed by atoms with Crippen LogP contribution in [-0.2, 0) is 0 Å². The van der Waals surface area contributed by atoms with Crippen molar-refractivity contribution >= 4 is 28.2 Å². The van der Waals surface area contributed by atoms with Crippen LogP contribution in [0.4, 0.5) is 11.6 Å². The van der Waals surface area contributed by atoms with Gasteiger partial charge < -0.3 is 16.0 Å². The van der Waals surface area contributed by atoms with E-state index in [4.69, 9.17) is 10.8 Å². The van der Waals surface area contributed by atoms with E-state index in [9.17, 15) is 4.79 Å². The lowest BCUT2D eigenvalue weighted by Crippen LogP contribution is -2.29. The molecule has 4 N–H and O–H groups in total. The number of pyridine rings is 1. The first kappa shape index (κ1) is 21.5. The Morgan fingerprint density at radius 1 is 1.08 bits per heavy atom. The molecule has 0 fully saturated rings. The van der Waals surface area contributed by atoms with Gasteiger partial charge in [-0.3, -0.25) is 9.36 Å². The second kappa shape index (κ2) is 8.35. The average molecular weight is 478 g/mol. The summed E-state index contributed by atoms with van der Waals surface area (Å²) < 4.78 is 3.29. The van der Waals surface area contributed by atoms with Crippen LogP contribution in [0.1, 0.15) is 24.4 Å². The number of benzene rings is 1. The maximum Gasteiger partial charge on any atom is 0.282 e. The fourth-order valence-electron chi connectivity index (χ4n) is 4.52. The third kappa shape index (κ3) is 3.47. The highest BCUT2D eigenvalue weighted by molar-refractivity contribution is 6.01. The average Bonchev–Trinajstić information content (AvgIpc) is 3.49. The van der Waals surface area contributed by atoms with E-state index in [0.717, 1.165) is 27.8 Å².